The molecule has 0 saturated heterocycles. The molecule has 6 aromatic rings. The third kappa shape index (κ3) is 5.55. The number of H-pyrrole nitrogens is 2. The summed E-state index contributed by atoms with van der Waals surface area (Å²) in [4.78, 5) is 33.5. The number of aromatic amines is 2. The smallest absolute Gasteiger partial charge is 0.318 e. The van der Waals surface area contributed by atoms with Crippen molar-refractivity contribution >= 4 is 78.8 Å². The second kappa shape index (κ2) is 12.1. The highest BCUT2D eigenvalue weighted by Crippen LogP contribution is 2.39. The monoisotopic (exact) mass is 642 g/mol. The van der Waals surface area contributed by atoms with Crippen LogP contribution in [0.3, 0.4) is 0 Å². The number of carbonyl (C=O) groups is 2. The van der Waals surface area contributed by atoms with Gasteiger partial charge in [0.15, 0.2) is 0 Å². The van der Waals surface area contributed by atoms with Crippen LogP contribution in [0, 0.1) is 0 Å². The molecular weight excluding hydrogens is 607 g/mol. The number of fused-ring (bicyclic) bond motifs is 6. The van der Waals surface area contributed by atoms with Gasteiger partial charge in [-0.2, -0.15) is 0 Å². The maximum Gasteiger partial charge on any atom is 0.318 e. The van der Waals surface area contributed by atoms with Crippen LogP contribution in [0.15, 0.2) is 72.8 Å². The van der Waals surface area contributed by atoms with Crippen LogP contribution in [0.2, 0.25) is 10.0 Å². The van der Waals surface area contributed by atoms with E-state index in [1.807, 2.05) is 100 Å². The number of nitrogens with one attached hydrogen (secondary N) is 2. The van der Waals surface area contributed by atoms with Gasteiger partial charge in [-0.05, 0) is 73.2 Å². The van der Waals surface area contributed by atoms with E-state index in [9.17, 15) is 9.59 Å². The Morgan fingerprint density at radius 1 is 0.556 bits per heavy atom. The maximum absolute atomic E-state index is 13.3. The highest BCUT2D eigenvalue weighted by atomic mass is 35.5. The SMILES string of the molecule is CCC(CC)(OC(=O)CC(=O)OC(CC)(CC)c1ccc2c(c1)[nH]c1cc(Cl)ccc12)c1ccc2c(c1)[nH]c1cc(Cl)ccc12. The number of aromatic nitrogens is 2. The Bertz CT molecular complexity index is 1920. The molecular formula is C37H36Cl2N2O4. The van der Waals surface area contributed by atoms with Gasteiger partial charge in [0.25, 0.3) is 0 Å². The van der Waals surface area contributed by atoms with Gasteiger partial charge < -0.3 is 19.4 Å². The van der Waals surface area contributed by atoms with Crippen LogP contribution in [0.5, 0.6) is 0 Å². The lowest BCUT2D eigenvalue weighted by atomic mass is 9.87. The number of carbonyl (C=O) groups excluding carboxylic acids is 2. The average molecular weight is 644 g/mol. The predicted octanol–water partition coefficient (Wildman–Crippen LogP) is 10.5. The van der Waals surface area contributed by atoms with E-state index in [0.29, 0.717) is 35.7 Å². The van der Waals surface area contributed by atoms with Gasteiger partial charge in [0.05, 0.1) is 0 Å². The van der Waals surface area contributed by atoms with Crippen molar-refractivity contribution in [2.45, 2.75) is 71.0 Å². The molecule has 6 rings (SSSR count). The van der Waals surface area contributed by atoms with Crippen molar-refractivity contribution in [3.63, 3.8) is 0 Å². The van der Waals surface area contributed by atoms with E-state index in [1.165, 1.54) is 0 Å². The molecule has 4 aromatic carbocycles. The Balaban J connectivity index is 1.22. The fraction of sp³-hybridized carbons (Fsp3) is 0.297. The highest BCUT2D eigenvalue weighted by molar-refractivity contribution is 6.32. The summed E-state index contributed by atoms with van der Waals surface area (Å²) in [6.45, 7) is 7.93. The first-order valence-corrected chi connectivity index (χ1v) is 16.3. The third-order valence-corrected chi connectivity index (χ3v) is 9.84. The predicted molar refractivity (Wildman–Crippen MR) is 183 cm³/mol. The van der Waals surface area contributed by atoms with Crippen LogP contribution in [0.4, 0.5) is 0 Å². The summed E-state index contributed by atoms with van der Waals surface area (Å²) in [7, 11) is 0. The van der Waals surface area contributed by atoms with E-state index in [-0.39, 0.29) is 0 Å². The molecule has 0 saturated carbocycles. The zero-order valence-corrected chi connectivity index (χ0v) is 27.4. The Morgan fingerprint density at radius 3 is 1.24 bits per heavy atom. The number of esters is 2. The number of rotatable bonds is 10. The van der Waals surface area contributed by atoms with Gasteiger partial charge in [-0.15, -0.1) is 0 Å². The van der Waals surface area contributed by atoms with Gasteiger partial charge in [0, 0.05) is 53.7 Å². The summed E-state index contributed by atoms with van der Waals surface area (Å²) in [5.41, 5.74) is 3.68. The molecule has 2 aromatic heterocycles. The van der Waals surface area contributed by atoms with Crippen molar-refractivity contribution in [3.8, 4) is 0 Å². The van der Waals surface area contributed by atoms with Crippen LogP contribution in [-0.2, 0) is 30.3 Å². The summed E-state index contributed by atoms with van der Waals surface area (Å²) >= 11 is 12.4. The first-order valence-electron chi connectivity index (χ1n) is 15.5. The largest absolute Gasteiger partial charge is 0.454 e. The molecule has 0 aliphatic heterocycles. The summed E-state index contributed by atoms with van der Waals surface area (Å²) in [6, 6.07) is 23.6. The Labute approximate surface area is 272 Å². The number of hydrogen-bond donors (Lipinski definition) is 2. The first-order chi connectivity index (χ1) is 21.6. The average Bonchev–Trinajstić information content (AvgIpc) is 3.58. The van der Waals surface area contributed by atoms with E-state index >= 15 is 0 Å². The van der Waals surface area contributed by atoms with Crippen LogP contribution in [0.25, 0.3) is 43.6 Å². The zero-order valence-electron chi connectivity index (χ0n) is 25.9. The number of halogens is 2. The summed E-state index contributed by atoms with van der Waals surface area (Å²) in [5, 5.41) is 5.58. The van der Waals surface area contributed by atoms with E-state index < -0.39 is 29.6 Å². The normalized spacial score (nSPS) is 12.4. The fourth-order valence-corrected chi connectivity index (χ4v) is 7.02. The number of ether oxygens (including phenoxy) is 2. The van der Waals surface area contributed by atoms with Gasteiger partial charge >= 0.3 is 11.9 Å². The quantitative estimate of drug-likeness (QED) is 0.115. The minimum absolute atomic E-state index is 0.482. The number of hydrogen-bond acceptors (Lipinski definition) is 4. The fourth-order valence-electron chi connectivity index (χ4n) is 6.68. The van der Waals surface area contributed by atoms with Crippen molar-refractivity contribution in [1.29, 1.82) is 0 Å². The van der Waals surface area contributed by atoms with Crippen molar-refractivity contribution in [2.75, 3.05) is 0 Å². The second-order valence-electron chi connectivity index (χ2n) is 11.7. The van der Waals surface area contributed by atoms with Crippen molar-refractivity contribution in [3.05, 3.63) is 94.0 Å². The molecule has 2 heterocycles. The minimum Gasteiger partial charge on any atom is -0.454 e. The molecule has 0 unspecified atom stereocenters. The van der Waals surface area contributed by atoms with Crippen LogP contribution in [-0.4, -0.2) is 21.9 Å². The van der Waals surface area contributed by atoms with Gasteiger partial charge in [0.1, 0.15) is 17.6 Å². The topological polar surface area (TPSA) is 84.2 Å². The second-order valence-corrected chi connectivity index (χ2v) is 12.6. The molecule has 0 aliphatic rings. The summed E-state index contributed by atoms with van der Waals surface area (Å²) in [6.07, 6.45) is 1.71. The molecule has 45 heavy (non-hydrogen) atoms. The van der Waals surface area contributed by atoms with E-state index in [4.69, 9.17) is 32.7 Å². The Hall–Kier alpha value is -4.00. The first kappa shape index (κ1) is 31.0. The van der Waals surface area contributed by atoms with Gasteiger partial charge in [-0.25, -0.2) is 0 Å². The molecule has 0 spiro atoms. The molecule has 0 atom stereocenters. The van der Waals surface area contributed by atoms with E-state index in [2.05, 4.69) is 9.97 Å². The molecule has 0 amide bonds. The minimum atomic E-state index is -0.892. The van der Waals surface area contributed by atoms with Crippen LogP contribution < -0.4 is 0 Å². The van der Waals surface area contributed by atoms with Crippen LogP contribution >= 0.6 is 23.2 Å². The highest BCUT2D eigenvalue weighted by Gasteiger charge is 2.37. The van der Waals surface area contributed by atoms with E-state index in [1.54, 1.807) is 0 Å². The lowest BCUT2D eigenvalue weighted by molar-refractivity contribution is -0.174. The Kier molecular flexibility index (Phi) is 8.31. The van der Waals surface area contributed by atoms with Crippen LogP contribution in [0.1, 0.15) is 70.9 Å². The lowest BCUT2D eigenvalue weighted by Gasteiger charge is -2.34. The standard InChI is InChI=1S/C37H36Cl2N2O4/c1-5-36(6-2,22-9-13-26-28-15-11-24(38)19-32(28)40-30(26)17-22)44-34(42)21-35(43)45-37(7-3,8-4)23-10-14-27-29-16-12-25(39)20-33(29)41-31(27)18-23/h9-20,40-41H,5-8,21H2,1-4H3. The summed E-state index contributed by atoms with van der Waals surface area (Å²) < 4.78 is 12.3. The molecule has 0 aliphatic carbocycles. The molecule has 2 N–H and O–H groups in total. The number of benzene rings is 4. The van der Waals surface area contributed by atoms with Gasteiger partial charge in [-0.1, -0.05) is 87.3 Å². The molecule has 0 fully saturated rings. The van der Waals surface area contributed by atoms with Gasteiger partial charge in [0.2, 0.25) is 0 Å². The third-order valence-electron chi connectivity index (χ3n) is 9.37. The molecule has 0 radical (unpaired) electrons. The maximum atomic E-state index is 13.3. The van der Waals surface area contributed by atoms with E-state index in [0.717, 1.165) is 54.7 Å². The molecule has 6 nitrogen and oxygen atoms in total. The lowest BCUT2D eigenvalue weighted by Crippen LogP contribution is -2.35. The molecule has 0 bridgehead atoms. The van der Waals surface area contributed by atoms with Crippen molar-refractivity contribution in [2.24, 2.45) is 0 Å². The van der Waals surface area contributed by atoms with Crippen molar-refractivity contribution < 1.29 is 19.1 Å². The van der Waals surface area contributed by atoms with Gasteiger partial charge in [-0.3, -0.25) is 9.59 Å². The molecule has 8 heteroatoms. The summed E-state index contributed by atoms with van der Waals surface area (Å²) in [5.74, 6) is -1.23. The molecule has 232 valence electrons. The zero-order chi connectivity index (χ0) is 31.9. The van der Waals surface area contributed by atoms with Crippen molar-refractivity contribution in [1.82, 2.24) is 9.97 Å². The Morgan fingerprint density at radius 2 is 0.889 bits per heavy atom.